The third-order valence-electron chi connectivity index (χ3n) is 2.73. The van der Waals surface area contributed by atoms with Crippen molar-refractivity contribution in [2.45, 2.75) is 6.61 Å². The van der Waals surface area contributed by atoms with Crippen molar-refractivity contribution < 1.29 is 5.11 Å². The van der Waals surface area contributed by atoms with E-state index in [-0.39, 0.29) is 6.61 Å². The van der Waals surface area contributed by atoms with E-state index in [2.05, 4.69) is 14.8 Å². The van der Waals surface area contributed by atoms with E-state index in [4.69, 9.17) is 0 Å². The number of rotatable bonds is 5. The minimum absolute atomic E-state index is 0.0134. The van der Waals surface area contributed by atoms with E-state index in [0.29, 0.717) is 0 Å². The molecule has 2 heterocycles. The summed E-state index contributed by atoms with van der Waals surface area (Å²) in [5, 5.41) is 11.4. The monoisotopic (exact) mass is 254 g/mol. The zero-order chi connectivity index (χ0) is 12.4. The molecular weight excluding hydrogens is 236 g/mol. The molecule has 0 radical (unpaired) electrons. The first-order chi connectivity index (χ1) is 8.13. The summed E-state index contributed by atoms with van der Waals surface area (Å²) in [6.45, 7) is 1.87. The van der Waals surface area contributed by atoms with Crippen LogP contribution in [0.5, 0.6) is 0 Å². The fraction of sp³-hybridized carbons (Fsp3) is 0.545. The highest BCUT2D eigenvalue weighted by Gasteiger charge is 2.15. The van der Waals surface area contributed by atoms with Crippen LogP contribution in [0.3, 0.4) is 0 Å². The molecule has 2 rings (SSSR count). The summed E-state index contributed by atoms with van der Waals surface area (Å²) >= 11 is 1.58. The Bertz CT molecular complexity index is 491. The number of aliphatic hydroxyl groups is 1. The molecule has 0 spiro atoms. The molecule has 6 heteroatoms. The van der Waals surface area contributed by atoms with Crippen molar-refractivity contribution in [1.82, 2.24) is 14.3 Å². The van der Waals surface area contributed by atoms with Gasteiger partial charge in [-0.2, -0.15) is 0 Å². The van der Waals surface area contributed by atoms with Gasteiger partial charge in [-0.15, -0.1) is 11.3 Å². The molecule has 0 aliphatic carbocycles. The minimum Gasteiger partial charge on any atom is -0.390 e. The summed E-state index contributed by atoms with van der Waals surface area (Å²) in [7, 11) is 6.11. The normalized spacial score (nSPS) is 11.6. The van der Waals surface area contributed by atoms with Crippen LogP contribution >= 0.6 is 11.3 Å². The Balaban J connectivity index is 2.24. The van der Waals surface area contributed by atoms with Gasteiger partial charge in [0.15, 0.2) is 10.8 Å². The second-order valence-corrected chi connectivity index (χ2v) is 5.19. The predicted octanol–water partition coefficient (Wildman–Crippen LogP) is 0.886. The van der Waals surface area contributed by atoms with Crippen LogP contribution in [-0.2, 0) is 6.61 Å². The zero-order valence-electron chi connectivity index (χ0n) is 10.4. The predicted molar refractivity (Wildman–Crippen MR) is 70.8 cm³/mol. The van der Waals surface area contributed by atoms with Crippen LogP contribution in [0.1, 0.15) is 5.69 Å². The molecule has 0 fully saturated rings. The lowest BCUT2D eigenvalue weighted by molar-refractivity contribution is 0.276. The molecule has 17 heavy (non-hydrogen) atoms. The van der Waals surface area contributed by atoms with Crippen LogP contribution in [-0.4, -0.2) is 53.6 Å². The van der Waals surface area contributed by atoms with Gasteiger partial charge in [0.1, 0.15) is 0 Å². The smallest absolute Gasteiger partial charge is 0.195 e. The van der Waals surface area contributed by atoms with Gasteiger partial charge < -0.3 is 14.9 Å². The summed E-state index contributed by atoms with van der Waals surface area (Å²) in [6.07, 6.45) is 1.95. The first-order valence-electron chi connectivity index (χ1n) is 5.54. The molecule has 2 aromatic rings. The maximum atomic E-state index is 9.46. The van der Waals surface area contributed by atoms with Crippen molar-refractivity contribution in [3.63, 3.8) is 0 Å². The number of fused-ring (bicyclic) bond motifs is 1. The summed E-state index contributed by atoms with van der Waals surface area (Å²) in [5.41, 5.74) is 0.863. The summed E-state index contributed by atoms with van der Waals surface area (Å²) in [5.74, 6) is 0.876. The van der Waals surface area contributed by atoms with Gasteiger partial charge in [-0.1, -0.05) is 0 Å². The molecule has 2 aromatic heterocycles. The van der Waals surface area contributed by atoms with Crippen molar-refractivity contribution in [1.29, 1.82) is 0 Å². The van der Waals surface area contributed by atoms with Crippen LogP contribution in [0.2, 0.25) is 0 Å². The summed E-state index contributed by atoms with van der Waals surface area (Å²) in [4.78, 5) is 9.70. The van der Waals surface area contributed by atoms with Gasteiger partial charge in [0.25, 0.3) is 0 Å². The Morgan fingerprint density at radius 3 is 2.76 bits per heavy atom. The fourth-order valence-electron chi connectivity index (χ4n) is 1.73. The molecule has 0 saturated carbocycles. The van der Waals surface area contributed by atoms with E-state index in [0.717, 1.165) is 29.6 Å². The largest absolute Gasteiger partial charge is 0.390 e. The maximum absolute atomic E-state index is 9.46. The van der Waals surface area contributed by atoms with Crippen LogP contribution in [0.25, 0.3) is 4.96 Å². The van der Waals surface area contributed by atoms with E-state index < -0.39 is 0 Å². The fourth-order valence-corrected chi connectivity index (χ4v) is 2.46. The topological polar surface area (TPSA) is 44.0 Å². The molecule has 0 aliphatic rings. The summed E-state index contributed by atoms with van der Waals surface area (Å²) < 4.78 is 1.95. The lowest BCUT2D eigenvalue weighted by Gasteiger charge is -2.20. The van der Waals surface area contributed by atoms with E-state index >= 15 is 0 Å². The van der Waals surface area contributed by atoms with Crippen LogP contribution < -0.4 is 4.90 Å². The quantitative estimate of drug-likeness (QED) is 0.860. The SMILES string of the molecule is CN(C)CCN(C)c1nc2sccn2c1CO. The van der Waals surface area contributed by atoms with Crippen LogP contribution in [0, 0.1) is 0 Å². The molecule has 94 valence electrons. The van der Waals surface area contributed by atoms with Crippen LogP contribution in [0.4, 0.5) is 5.82 Å². The number of anilines is 1. The number of likely N-dealkylation sites (N-methyl/N-ethyl adjacent to an activating group) is 2. The van der Waals surface area contributed by atoms with Gasteiger partial charge in [-0.05, 0) is 14.1 Å². The highest BCUT2D eigenvalue weighted by molar-refractivity contribution is 7.15. The molecule has 0 bridgehead atoms. The Labute approximate surface area is 105 Å². The lowest BCUT2D eigenvalue weighted by Crippen LogP contribution is -2.29. The maximum Gasteiger partial charge on any atom is 0.195 e. The molecule has 0 amide bonds. The van der Waals surface area contributed by atoms with E-state index in [1.165, 1.54) is 0 Å². The van der Waals surface area contributed by atoms with E-state index in [1.807, 2.05) is 37.1 Å². The first-order valence-corrected chi connectivity index (χ1v) is 6.42. The average Bonchev–Trinajstić information content (AvgIpc) is 2.84. The van der Waals surface area contributed by atoms with Crippen molar-refractivity contribution >= 4 is 22.1 Å². The van der Waals surface area contributed by atoms with Gasteiger partial charge in [0, 0.05) is 31.7 Å². The second kappa shape index (κ2) is 5.03. The Hall–Kier alpha value is -1.11. The van der Waals surface area contributed by atoms with Gasteiger partial charge in [0.2, 0.25) is 0 Å². The molecule has 0 unspecified atom stereocenters. The second-order valence-electron chi connectivity index (χ2n) is 4.32. The van der Waals surface area contributed by atoms with Crippen molar-refractivity contribution in [2.24, 2.45) is 0 Å². The highest BCUT2D eigenvalue weighted by Crippen LogP contribution is 2.23. The standard InChI is InChI=1S/C11H18N4OS/c1-13(2)4-5-14(3)10-9(8-16)15-6-7-17-11(15)12-10/h6-7,16H,4-5,8H2,1-3H3. The van der Waals surface area contributed by atoms with Crippen LogP contribution in [0.15, 0.2) is 11.6 Å². The molecule has 0 aromatic carbocycles. The van der Waals surface area contributed by atoms with Gasteiger partial charge in [-0.25, -0.2) is 4.98 Å². The van der Waals surface area contributed by atoms with E-state index in [1.54, 1.807) is 11.3 Å². The van der Waals surface area contributed by atoms with E-state index in [9.17, 15) is 5.11 Å². The minimum atomic E-state index is 0.0134. The van der Waals surface area contributed by atoms with Crippen molar-refractivity contribution in [2.75, 3.05) is 39.1 Å². The Kier molecular flexibility index (Phi) is 3.66. The molecular formula is C11H18N4OS. The van der Waals surface area contributed by atoms with Gasteiger partial charge >= 0.3 is 0 Å². The third kappa shape index (κ3) is 2.43. The Morgan fingerprint density at radius 1 is 1.35 bits per heavy atom. The van der Waals surface area contributed by atoms with Crippen molar-refractivity contribution in [3.8, 4) is 0 Å². The van der Waals surface area contributed by atoms with Gasteiger partial charge in [0.05, 0.1) is 12.3 Å². The number of nitrogens with zero attached hydrogens (tertiary/aromatic N) is 4. The number of aromatic nitrogens is 2. The third-order valence-corrected chi connectivity index (χ3v) is 3.49. The zero-order valence-corrected chi connectivity index (χ0v) is 11.2. The lowest BCUT2D eigenvalue weighted by atomic mass is 10.4. The summed E-state index contributed by atoms with van der Waals surface area (Å²) in [6, 6.07) is 0. The first kappa shape index (κ1) is 12.3. The number of thiazole rings is 1. The molecule has 1 N–H and O–H groups in total. The number of hydrogen-bond donors (Lipinski definition) is 1. The highest BCUT2D eigenvalue weighted by atomic mass is 32.1. The van der Waals surface area contributed by atoms with Crippen molar-refractivity contribution in [3.05, 3.63) is 17.3 Å². The molecule has 5 nitrogen and oxygen atoms in total. The van der Waals surface area contributed by atoms with Gasteiger partial charge in [-0.3, -0.25) is 4.40 Å². The molecule has 0 aliphatic heterocycles. The number of imidazole rings is 1. The number of aliphatic hydroxyl groups excluding tert-OH is 1. The molecule has 0 atom stereocenters. The number of hydrogen-bond acceptors (Lipinski definition) is 5. The molecule has 0 saturated heterocycles. The average molecular weight is 254 g/mol. The Morgan fingerprint density at radius 2 is 2.12 bits per heavy atom.